The highest BCUT2D eigenvalue weighted by Gasteiger charge is 2.39. The zero-order valence-corrected chi connectivity index (χ0v) is 14.1. The molecule has 2 aliphatic rings. The minimum absolute atomic E-state index is 0.630. The van der Waals surface area contributed by atoms with E-state index in [0.29, 0.717) is 12.0 Å². The summed E-state index contributed by atoms with van der Waals surface area (Å²) in [4.78, 5) is 9.31. The largest absolute Gasteiger partial charge is 0.363 e. The quantitative estimate of drug-likeness (QED) is 0.845. The summed E-state index contributed by atoms with van der Waals surface area (Å²) in [6, 6.07) is 11.9. The summed E-state index contributed by atoms with van der Waals surface area (Å²) in [5.41, 5.74) is 5.72. The molecule has 0 N–H and O–H groups in total. The fraction of sp³-hybridized carbons (Fsp3) is 0.450. The maximum atomic E-state index is 4.16. The number of likely N-dealkylation sites (tertiary alicyclic amines) is 1. The average molecular weight is 307 g/mol. The minimum Gasteiger partial charge on any atom is -0.363 e. The Hall–Kier alpha value is -1.87. The number of nitrogens with zero attached hydrogens (tertiary/aromatic N) is 3. The summed E-state index contributed by atoms with van der Waals surface area (Å²) in [6.07, 6.45) is 6.38. The van der Waals surface area contributed by atoms with Gasteiger partial charge in [0, 0.05) is 43.1 Å². The molecular weight excluding hydrogens is 282 g/mol. The third kappa shape index (κ3) is 2.74. The number of rotatable bonds is 2. The molecule has 1 aromatic heterocycles. The normalized spacial score (nSPS) is 24.2. The molecule has 2 atom stereocenters. The maximum Gasteiger partial charge on any atom is 0.0434 e. The van der Waals surface area contributed by atoms with Gasteiger partial charge >= 0.3 is 0 Å². The van der Waals surface area contributed by atoms with Crippen LogP contribution in [0.4, 0.5) is 5.69 Å². The van der Waals surface area contributed by atoms with Crippen molar-refractivity contribution in [3.63, 3.8) is 0 Å². The molecule has 4 rings (SSSR count). The van der Waals surface area contributed by atoms with Crippen molar-refractivity contribution in [1.82, 2.24) is 9.88 Å². The zero-order valence-electron chi connectivity index (χ0n) is 14.1. The molecular formula is C20H25N3. The lowest BCUT2D eigenvalue weighted by Gasteiger charge is -2.29. The highest BCUT2D eigenvalue weighted by Crippen LogP contribution is 2.45. The predicted molar refractivity (Wildman–Crippen MR) is 94.9 cm³/mol. The van der Waals surface area contributed by atoms with E-state index in [-0.39, 0.29) is 0 Å². The Labute approximate surface area is 139 Å². The molecule has 1 saturated heterocycles. The number of pyridine rings is 1. The van der Waals surface area contributed by atoms with Crippen molar-refractivity contribution in [2.24, 2.45) is 0 Å². The number of likely N-dealkylation sites (N-methyl/N-ethyl adjacent to an activating group) is 1. The number of anilines is 1. The third-order valence-corrected chi connectivity index (χ3v) is 5.41. The number of hydrogen-bond acceptors (Lipinski definition) is 3. The molecule has 3 heterocycles. The summed E-state index contributed by atoms with van der Waals surface area (Å²) in [6.45, 7) is 5.59. The van der Waals surface area contributed by atoms with Crippen molar-refractivity contribution in [3.8, 4) is 0 Å². The Bertz CT molecular complexity index is 683. The summed E-state index contributed by atoms with van der Waals surface area (Å²) in [5.74, 6) is 0.638. The molecule has 0 spiro atoms. The van der Waals surface area contributed by atoms with Gasteiger partial charge in [0.2, 0.25) is 0 Å². The van der Waals surface area contributed by atoms with Gasteiger partial charge in [-0.2, -0.15) is 0 Å². The highest BCUT2D eigenvalue weighted by atomic mass is 15.2. The zero-order chi connectivity index (χ0) is 15.8. The van der Waals surface area contributed by atoms with E-state index in [0.717, 1.165) is 6.54 Å². The van der Waals surface area contributed by atoms with Gasteiger partial charge < -0.3 is 9.80 Å². The molecule has 0 bridgehead atoms. The number of aryl methyl sites for hydroxylation is 1. The average Bonchev–Trinajstić information content (AvgIpc) is 2.70. The van der Waals surface area contributed by atoms with E-state index < -0.39 is 0 Å². The Morgan fingerprint density at radius 2 is 2.00 bits per heavy atom. The molecule has 3 heteroatoms. The molecule has 0 amide bonds. The van der Waals surface area contributed by atoms with E-state index in [1.807, 2.05) is 12.4 Å². The molecule has 2 aliphatic heterocycles. The summed E-state index contributed by atoms with van der Waals surface area (Å²) < 4.78 is 0. The first-order valence-corrected chi connectivity index (χ1v) is 8.67. The Balaban J connectivity index is 1.73. The molecule has 1 fully saturated rings. The van der Waals surface area contributed by atoms with Crippen LogP contribution in [-0.4, -0.2) is 36.1 Å². The van der Waals surface area contributed by atoms with Crippen LogP contribution in [0.3, 0.4) is 0 Å². The molecule has 2 aromatic rings. The van der Waals surface area contributed by atoms with Crippen LogP contribution in [-0.2, 0) is 6.54 Å². The monoisotopic (exact) mass is 307 g/mol. The van der Waals surface area contributed by atoms with Crippen LogP contribution in [0.25, 0.3) is 0 Å². The first-order chi connectivity index (χ1) is 11.2. The van der Waals surface area contributed by atoms with E-state index in [1.165, 1.54) is 42.7 Å². The molecule has 3 nitrogen and oxygen atoms in total. The molecule has 2 unspecified atom stereocenters. The van der Waals surface area contributed by atoms with E-state index in [4.69, 9.17) is 0 Å². The van der Waals surface area contributed by atoms with Gasteiger partial charge in [0.15, 0.2) is 0 Å². The third-order valence-electron chi connectivity index (χ3n) is 5.41. The molecule has 0 radical (unpaired) electrons. The molecule has 23 heavy (non-hydrogen) atoms. The fourth-order valence-electron chi connectivity index (χ4n) is 4.30. The topological polar surface area (TPSA) is 19.4 Å². The van der Waals surface area contributed by atoms with Gasteiger partial charge in [0.25, 0.3) is 0 Å². The van der Waals surface area contributed by atoms with Gasteiger partial charge in [-0.3, -0.25) is 4.98 Å². The van der Waals surface area contributed by atoms with Gasteiger partial charge in [-0.15, -0.1) is 0 Å². The molecule has 0 aliphatic carbocycles. The van der Waals surface area contributed by atoms with E-state index in [2.05, 4.69) is 59.1 Å². The number of fused-ring (bicyclic) bond motifs is 3. The number of benzene rings is 1. The van der Waals surface area contributed by atoms with Crippen LogP contribution in [0.5, 0.6) is 0 Å². The molecule has 1 aromatic carbocycles. The van der Waals surface area contributed by atoms with Gasteiger partial charge in [0.1, 0.15) is 0 Å². The van der Waals surface area contributed by atoms with Crippen molar-refractivity contribution in [2.75, 3.05) is 25.0 Å². The van der Waals surface area contributed by atoms with Gasteiger partial charge in [-0.1, -0.05) is 17.7 Å². The fourth-order valence-corrected chi connectivity index (χ4v) is 4.30. The van der Waals surface area contributed by atoms with Crippen molar-refractivity contribution in [2.45, 2.75) is 38.3 Å². The van der Waals surface area contributed by atoms with Crippen LogP contribution in [0, 0.1) is 6.92 Å². The van der Waals surface area contributed by atoms with Gasteiger partial charge in [0.05, 0.1) is 0 Å². The standard InChI is InChI=1S/C20H25N3/c1-15-5-6-20-17(12-15)18-14-22(2)11-3-4-19(18)23(20)13-16-7-9-21-10-8-16/h5-10,12,18-19H,3-4,11,13-14H2,1-2H3. The van der Waals surface area contributed by atoms with Crippen LogP contribution < -0.4 is 4.90 Å². The first-order valence-electron chi connectivity index (χ1n) is 8.67. The second kappa shape index (κ2) is 5.97. The second-order valence-corrected chi connectivity index (χ2v) is 7.12. The van der Waals surface area contributed by atoms with Gasteiger partial charge in [-0.05, 0) is 62.7 Å². The van der Waals surface area contributed by atoms with Gasteiger partial charge in [-0.25, -0.2) is 0 Å². The Morgan fingerprint density at radius 3 is 2.83 bits per heavy atom. The second-order valence-electron chi connectivity index (χ2n) is 7.12. The lowest BCUT2D eigenvalue weighted by molar-refractivity contribution is 0.330. The van der Waals surface area contributed by atoms with Crippen molar-refractivity contribution < 1.29 is 0 Å². The van der Waals surface area contributed by atoms with Crippen LogP contribution in [0.15, 0.2) is 42.7 Å². The maximum absolute atomic E-state index is 4.16. The first kappa shape index (κ1) is 14.7. The van der Waals surface area contributed by atoms with Crippen molar-refractivity contribution in [1.29, 1.82) is 0 Å². The van der Waals surface area contributed by atoms with E-state index in [9.17, 15) is 0 Å². The lowest BCUT2D eigenvalue weighted by Crippen LogP contribution is -2.35. The number of hydrogen-bond donors (Lipinski definition) is 0. The summed E-state index contributed by atoms with van der Waals surface area (Å²) in [5, 5.41) is 0. The number of aromatic nitrogens is 1. The summed E-state index contributed by atoms with van der Waals surface area (Å²) in [7, 11) is 2.27. The molecule has 0 saturated carbocycles. The predicted octanol–water partition coefficient (Wildman–Crippen LogP) is 3.59. The smallest absolute Gasteiger partial charge is 0.0434 e. The van der Waals surface area contributed by atoms with Crippen LogP contribution in [0.2, 0.25) is 0 Å². The lowest BCUT2D eigenvalue weighted by atomic mass is 9.92. The summed E-state index contributed by atoms with van der Waals surface area (Å²) >= 11 is 0. The molecule has 120 valence electrons. The van der Waals surface area contributed by atoms with E-state index in [1.54, 1.807) is 5.56 Å². The minimum atomic E-state index is 0.630. The van der Waals surface area contributed by atoms with Crippen molar-refractivity contribution >= 4 is 5.69 Å². The SMILES string of the molecule is Cc1ccc2c(c1)C1CN(C)CCCC1N2Cc1ccncc1. The van der Waals surface area contributed by atoms with E-state index >= 15 is 0 Å². The highest BCUT2D eigenvalue weighted by molar-refractivity contribution is 5.63. The Morgan fingerprint density at radius 1 is 1.17 bits per heavy atom. The van der Waals surface area contributed by atoms with Crippen molar-refractivity contribution in [3.05, 3.63) is 59.4 Å². The van der Waals surface area contributed by atoms with Crippen LogP contribution in [0.1, 0.15) is 35.4 Å². The Kier molecular flexibility index (Phi) is 3.82. The van der Waals surface area contributed by atoms with Crippen LogP contribution >= 0.6 is 0 Å².